The Hall–Kier alpha value is -1.00. The number of hydrogen-bond donors (Lipinski definition) is 1. The van der Waals surface area contributed by atoms with Crippen LogP contribution in [0.5, 0.6) is 0 Å². The van der Waals surface area contributed by atoms with Crippen LogP contribution in [-0.2, 0) is 16.9 Å². The normalized spacial score (nSPS) is 26.6. The van der Waals surface area contributed by atoms with Crippen LogP contribution in [0, 0.1) is 5.92 Å². The van der Waals surface area contributed by atoms with Crippen LogP contribution in [-0.4, -0.2) is 23.6 Å². The summed E-state index contributed by atoms with van der Waals surface area (Å²) in [4.78, 5) is 9.23. The van der Waals surface area contributed by atoms with Gasteiger partial charge in [-0.2, -0.15) is 0 Å². The number of ether oxygens (including phenoxy) is 1. The Balaban J connectivity index is 2.11. The van der Waals surface area contributed by atoms with Crippen molar-refractivity contribution in [2.75, 3.05) is 13.7 Å². The van der Waals surface area contributed by atoms with Gasteiger partial charge in [0.05, 0.1) is 5.69 Å². The highest BCUT2D eigenvalue weighted by Gasteiger charge is 2.38. The molecule has 1 aromatic heterocycles. The summed E-state index contributed by atoms with van der Waals surface area (Å²) in [6.45, 7) is 6.30. The molecule has 1 heterocycles. The molecule has 0 spiro atoms. The van der Waals surface area contributed by atoms with E-state index in [2.05, 4.69) is 24.1 Å². The van der Waals surface area contributed by atoms with Gasteiger partial charge in [0.2, 0.25) is 0 Å². The van der Waals surface area contributed by atoms with Crippen LogP contribution in [0.4, 0.5) is 0 Å². The minimum atomic E-state index is -0.271. The molecule has 0 aromatic carbocycles. The fourth-order valence-corrected chi connectivity index (χ4v) is 2.85. The van der Waals surface area contributed by atoms with Gasteiger partial charge in [0.1, 0.15) is 5.60 Å². The molecule has 20 heavy (non-hydrogen) atoms. The average molecular weight is 277 g/mol. The molecular formula is C16H27N3O. The number of hydrogen-bond acceptors (Lipinski definition) is 4. The average Bonchev–Trinajstić information content (AvgIpc) is 2.49. The third-order valence-electron chi connectivity index (χ3n) is 4.33. The number of aromatic nitrogens is 2. The summed E-state index contributed by atoms with van der Waals surface area (Å²) >= 11 is 0. The van der Waals surface area contributed by atoms with Crippen LogP contribution in [0.15, 0.2) is 12.3 Å². The van der Waals surface area contributed by atoms with Gasteiger partial charge >= 0.3 is 0 Å². The van der Waals surface area contributed by atoms with E-state index < -0.39 is 0 Å². The topological polar surface area (TPSA) is 47.0 Å². The lowest BCUT2D eigenvalue weighted by atomic mass is 9.79. The molecule has 4 heteroatoms. The molecule has 1 saturated carbocycles. The summed E-state index contributed by atoms with van der Waals surface area (Å²) in [5.74, 6) is 1.65. The molecule has 0 aliphatic heterocycles. The van der Waals surface area contributed by atoms with Crippen LogP contribution >= 0.6 is 0 Å². The fourth-order valence-electron chi connectivity index (χ4n) is 2.85. The lowest BCUT2D eigenvalue weighted by molar-refractivity contribution is -0.0599. The molecule has 0 saturated heterocycles. The molecule has 4 nitrogen and oxygen atoms in total. The van der Waals surface area contributed by atoms with Crippen LogP contribution in [0.2, 0.25) is 0 Å². The Kier molecular flexibility index (Phi) is 5.49. The van der Waals surface area contributed by atoms with Gasteiger partial charge in [0, 0.05) is 19.9 Å². The quantitative estimate of drug-likeness (QED) is 0.812. The molecule has 1 aromatic rings. The van der Waals surface area contributed by atoms with Crippen LogP contribution in [0.25, 0.3) is 0 Å². The maximum atomic E-state index is 5.85. The second-order valence-corrected chi connectivity index (χ2v) is 5.93. The number of nitrogens with zero attached hydrogens (tertiary/aromatic N) is 2. The number of methoxy groups -OCH3 is 1. The first-order chi connectivity index (χ1) is 9.70. The van der Waals surface area contributed by atoms with Crippen LogP contribution in [0.3, 0.4) is 0 Å². The predicted molar refractivity (Wildman–Crippen MR) is 80.3 cm³/mol. The van der Waals surface area contributed by atoms with E-state index in [9.17, 15) is 0 Å². The highest BCUT2D eigenvalue weighted by atomic mass is 16.5. The van der Waals surface area contributed by atoms with E-state index in [4.69, 9.17) is 9.72 Å². The molecule has 0 amide bonds. The smallest absolute Gasteiger partial charge is 0.160 e. The monoisotopic (exact) mass is 277 g/mol. The van der Waals surface area contributed by atoms with E-state index in [1.54, 1.807) is 7.11 Å². The lowest BCUT2D eigenvalue weighted by Gasteiger charge is -2.36. The van der Waals surface area contributed by atoms with E-state index in [0.29, 0.717) is 0 Å². The minimum absolute atomic E-state index is 0.271. The molecule has 1 aliphatic rings. The second kappa shape index (κ2) is 7.14. The van der Waals surface area contributed by atoms with Crippen molar-refractivity contribution in [3.8, 4) is 0 Å². The van der Waals surface area contributed by atoms with Gasteiger partial charge in [-0.15, -0.1) is 0 Å². The second-order valence-electron chi connectivity index (χ2n) is 5.93. The van der Waals surface area contributed by atoms with Crippen LogP contribution in [0.1, 0.15) is 57.5 Å². The molecule has 112 valence electrons. The van der Waals surface area contributed by atoms with Crippen molar-refractivity contribution in [3.05, 3.63) is 23.8 Å². The highest BCUT2D eigenvalue weighted by molar-refractivity contribution is 5.10. The van der Waals surface area contributed by atoms with Crippen molar-refractivity contribution >= 4 is 0 Å². The summed E-state index contributed by atoms with van der Waals surface area (Å²) in [7, 11) is 1.79. The van der Waals surface area contributed by atoms with E-state index >= 15 is 0 Å². The number of nitrogens with one attached hydrogen (secondary N) is 1. The lowest BCUT2D eigenvalue weighted by Crippen LogP contribution is -2.35. The maximum Gasteiger partial charge on any atom is 0.160 e. The molecule has 1 aliphatic carbocycles. The van der Waals surface area contributed by atoms with Crippen molar-refractivity contribution < 1.29 is 4.74 Å². The molecule has 0 bridgehead atoms. The third-order valence-corrected chi connectivity index (χ3v) is 4.33. The summed E-state index contributed by atoms with van der Waals surface area (Å²) in [5, 5.41) is 3.39. The predicted octanol–water partition coefficient (Wildman–Crippen LogP) is 3.03. The van der Waals surface area contributed by atoms with Crippen LogP contribution < -0.4 is 5.32 Å². The maximum absolute atomic E-state index is 5.85. The first kappa shape index (κ1) is 15.4. The Morgan fingerprint density at radius 1 is 1.40 bits per heavy atom. The zero-order valence-electron chi connectivity index (χ0n) is 13.0. The van der Waals surface area contributed by atoms with Gasteiger partial charge in [-0.05, 0) is 50.6 Å². The van der Waals surface area contributed by atoms with Crippen molar-refractivity contribution in [1.82, 2.24) is 15.3 Å². The first-order valence-corrected chi connectivity index (χ1v) is 7.78. The summed E-state index contributed by atoms with van der Waals surface area (Å²) in [6.07, 6.45) is 7.43. The van der Waals surface area contributed by atoms with E-state index in [1.807, 2.05) is 12.3 Å². The summed E-state index contributed by atoms with van der Waals surface area (Å²) in [6, 6.07) is 1.99. The molecule has 0 atom stereocenters. The Morgan fingerprint density at radius 3 is 2.80 bits per heavy atom. The molecular weight excluding hydrogens is 250 g/mol. The van der Waals surface area contributed by atoms with Gasteiger partial charge < -0.3 is 10.1 Å². The van der Waals surface area contributed by atoms with E-state index in [1.165, 1.54) is 12.8 Å². The molecule has 1 N–H and O–H groups in total. The van der Waals surface area contributed by atoms with Crippen molar-refractivity contribution in [2.45, 2.75) is 58.1 Å². The fraction of sp³-hybridized carbons (Fsp3) is 0.750. The summed E-state index contributed by atoms with van der Waals surface area (Å²) in [5.41, 5.74) is 0.784. The van der Waals surface area contributed by atoms with Crippen molar-refractivity contribution in [2.24, 2.45) is 5.92 Å². The summed E-state index contributed by atoms with van der Waals surface area (Å²) < 4.78 is 5.85. The Morgan fingerprint density at radius 2 is 2.15 bits per heavy atom. The standard InChI is InChI=1S/C16H27N3O/c1-4-10-17-12-14-7-11-18-15(19-14)16(20-3)8-5-13(2)6-9-16/h7,11,13,17H,4-6,8-10,12H2,1-3H3. The molecule has 0 unspecified atom stereocenters. The minimum Gasteiger partial charge on any atom is -0.370 e. The van der Waals surface area contributed by atoms with Gasteiger partial charge in [-0.25, -0.2) is 9.97 Å². The van der Waals surface area contributed by atoms with E-state index in [0.717, 1.165) is 49.8 Å². The highest BCUT2D eigenvalue weighted by Crippen LogP contribution is 2.40. The SMILES string of the molecule is CCCNCc1ccnc(C2(OC)CCC(C)CC2)n1. The van der Waals surface area contributed by atoms with Gasteiger partial charge in [-0.3, -0.25) is 0 Å². The Labute approximate surface area is 122 Å². The Bertz CT molecular complexity index is 414. The first-order valence-electron chi connectivity index (χ1n) is 7.78. The zero-order valence-corrected chi connectivity index (χ0v) is 13.0. The van der Waals surface area contributed by atoms with Gasteiger partial charge in [0.15, 0.2) is 5.82 Å². The zero-order chi connectivity index (χ0) is 14.4. The molecule has 2 rings (SSSR count). The molecule has 1 fully saturated rings. The largest absolute Gasteiger partial charge is 0.370 e. The number of rotatable bonds is 6. The van der Waals surface area contributed by atoms with E-state index in [-0.39, 0.29) is 5.60 Å². The van der Waals surface area contributed by atoms with Crippen molar-refractivity contribution in [3.63, 3.8) is 0 Å². The van der Waals surface area contributed by atoms with Gasteiger partial charge in [-0.1, -0.05) is 13.8 Å². The molecule has 0 radical (unpaired) electrons. The van der Waals surface area contributed by atoms with Gasteiger partial charge in [0.25, 0.3) is 0 Å². The third kappa shape index (κ3) is 3.55. The van der Waals surface area contributed by atoms with Crippen molar-refractivity contribution in [1.29, 1.82) is 0 Å².